The molecule has 3 heterocycles. The monoisotopic (exact) mass is 690 g/mol. The normalized spacial score (nSPS) is 11.7. The summed E-state index contributed by atoms with van der Waals surface area (Å²) < 4.78 is 9.28. The fourth-order valence-electron chi connectivity index (χ4n) is 8.08. The van der Waals surface area contributed by atoms with Crippen LogP contribution in [0, 0.1) is 0 Å². The number of hydrogen-bond donors (Lipinski definition) is 0. The first-order valence-electron chi connectivity index (χ1n) is 18.1. The molecule has 0 fully saturated rings. The summed E-state index contributed by atoms with van der Waals surface area (Å²) in [4.78, 5) is 15.1. The third-order valence-corrected chi connectivity index (χ3v) is 10.4. The maximum absolute atomic E-state index is 6.91. The second-order valence-corrected chi connectivity index (χ2v) is 13.6. The molecule has 0 spiro atoms. The molecule has 0 unspecified atom stereocenters. The van der Waals surface area contributed by atoms with E-state index < -0.39 is 0 Å². The first-order chi connectivity index (χ1) is 26.8. The van der Waals surface area contributed by atoms with Gasteiger partial charge in [-0.3, -0.25) is 0 Å². The Morgan fingerprint density at radius 3 is 1.70 bits per heavy atom. The molecule has 0 aliphatic rings. The second kappa shape index (κ2) is 12.1. The third kappa shape index (κ3) is 4.69. The van der Waals surface area contributed by atoms with E-state index in [1.807, 2.05) is 72.8 Å². The first kappa shape index (κ1) is 30.3. The molecule has 0 amide bonds. The molecule has 0 N–H and O–H groups in total. The standard InChI is InChI=1S/C49H30N4O/c1-4-16-31(17-5-1)43-35-23-11-10-22-34(35)30-41-45(43)36-24-12-13-27-39(36)53(41)40-28-14-25-37-44-38(26-15-29-42(44)54-46(37)40)49-51-47(32-18-6-2-7-19-32)50-48(52-49)33-20-8-3-9-21-33/h1-30H. The summed E-state index contributed by atoms with van der Waals surface area (Å²) in [7, 11) is 0. The molecule has 54 heavy (non-hydrogen) atoms. The summed E-state index contributed by atoms with van der Waals surface area (Å²) in [6.07, 6.45) is 0. The molecule has 0 bridgehead atoms. The molecule has 0 radical (unpaired) electrons. The highest BCUT2D eigenvalue weighted by Gasteiger charge is 2.23. The molecular weight excluding hydrogens is 661 g/mol. The number of furan rings is 1. The van der Waals surface area contributed by atoms with Gasteiger partial charge >= 0.3 is 0 Å². The first-order valence-corrected chi connectivity index (χ1v) is 18.1. The summed E-state index contributed by atoms with van der Waals surface area (Å²) in [5, 5.41) is 6.79. The Balaban J connectivity index is 1.20. The van der Waals surface area contributed by atoms with E-state index in [1.54, 1.807) is 0 Å². The van der Waals surface area contributed by atoms with Gasteiger partial charge in [-0.1, -0.05) is 158 Å². The van der Waals surface area contributed by atoms with Crippen LogP contribution in [-0.4, -0.2) is 19.5 Å². The van der Waals surface area contributed by atoms with Gasteiger partial charge in [0.25, 0.3) is 0 Å². The third-order valence-electron chi connectivity index (χ3n) is 10.4. The average molecular weight is 691 g/mol. The van der Waals surface area contributed by atoms with Crippen molar-refractivity contribution in [2.45, 2.75) is 0 Å². The minimum Gasteiger partial charge on any atom is -0.454 e. The zero-order valence-corrected chi connectivity index (χ0v) is 29.0. The van der Waals surface area contributed by atoms with Gasteiger partial charge in [-0.2, -0.15) is 0 Å². The minimum atomic E-state index is 0.595. The van der Waals surface area contributed by atoms with Crippen LogP contribution in [0.15, 0.2) is 186 Å². The number of nitrogens with zero attached hydrogens (tertiary/aromatic N) is 4. The van der Waals surface area contributed by atoms with Gasteiger partial charge in [-0.15, -0.1) is 0 Å². The molecular formula is C49H30N4O. The van der Waals surface area contributed by atoms with Crippen molar-refractivity contribution in [1.82, 2.24) is 19.5 Å². The van der Waals surface area contributed by atoms with Crippen LogP contribution in [0.3, 0.4) is 0 Å². The van der Waals surface area contributed by atoms with Crippen molar-refractivity contribution < 1.29 is 4.42 Å². The van der Waals surface area contributed by atoms with Crippen LogP contribution in [0.4, 0.5) is 0 Å². The molecule has 3 aromatic heterocycles. The van der Waals surface area contributed by atoms with Crippen molar-refractivity contribution in [2.75, 3.05) is 0 Å². The Bertz CT molecular complexity index is 3140. The molecule has 0 saturated heterocycles. The van der Waals surface area contributed by atoms with Crippen molar-refractivity contribution in [3.63, 3.8) is 0 Å². The van der Waals surface area contributed by atoms with Crippen LogP contribution < -0.4 is 0 Å². The van der Waals surface area contributed by atoms with Gasteiger partial charge in [0.2, 0.25) is 0 Å². The zero-order chi connectivity index (χ0) is 35.6. The number of benzene rings is 8. The number of rotatable bonds is 5. The average Bonchev–Trinajstić information content (AvgIpc) is 3.79. The Morgan fingerprint density at radius 1 is 0.407 bits per heavy atom. The zero-order valence-electron chi connectivity index (χ0n) is 29.0. The topological polar surface area (TPSA) is 56.7 Å². The van der Waals surface area contributed by atoms with Crippen molar-refractivity contribution in [3.05, 3.63) is 182 Å². The van der Waals surface area contributed by atoms with Crippen molar-refractivity contribution in [3.8, 4) is 51.0 Å². The maximum Gasteiger partial charge on any atom is 0.164 e. The highest BCUT2D eigenvalue weighted by molar-refractivity contribution is 6.23. The molecule has 8 aromatic carbocycles. The Morgan fingerprint density at radius 2 is 0.981 bits per heavy atom. The van der Waals surface area contributed by atoms with Crippen LogP contribution in [0.5, 0.6) is 0 Å². The van der Waals surface area contributed by atoms with Crippen LogP contribution in [0.1, 0.15) is 0 Å². The van der Waals surface area contributed by atoms with Gasteiger partial charge in [0.15, 0.2) is 23.1 Å². The van der Waals surface area contributed by atoms with Crippen molar-refractivity contribution >= 4 is 54.5 Å². The maximum atomic E-state index is 6.91. The van der Waals surface area contributed by atoms with Gasteiger partial charge in [0.05, 0.1) is 16.7 Å². The van der Waals surface area contributed by atoms with Crippen LogP contribution in [0.25, 0.3) is 105 Å². The smallest absolute Gasteiger partial charge is 0.164 e. The highest BCUT2D eigenvalue weighted by Crippen LogP contribution is 2.45. The lowest BCUT2D eigenvalue weighted by molar-refractivity contribution is 0.666. The van der Waals surface area contributed by atoms with Gasteiger partial charge in [-0.05, 0) is 46.2 Å². The van der Waals surface area contributed by atoms with E-state index in [0.717, 1.165) is 55.3 Å². The summed E-state index contributed by atoms with van der Waals surface area (Å²) >= 11 is 0. The van der Waals surface area contributed by atoms with E-state index >= 15 is 0 Å². The van der Waals surface area contributed by atoms with Crippen molar-refractivity contribution in [2.24, 2.45) is 0 Å². The van der Waals surface area contributed by atoms with E-state index in [2.05, 4.69) is 114 Å². The van der Waals surface area contributed by atoms with Gasteiger partial charge in [-0.25, -0.2) is 15.0 Å². The second-order valence-electron chi connectivity index (χ2n) is 13.6. The fraction of sp³-hybridized carbons (Fsp3) is 0. The number of hydrogen-bond acceptors (Lipinski definition) is 4. The summed E-state index contributed by atoms with van der Waals surface area (Å²) in [6, 6.07) is 63.2. The van der Waals surface area contributed by atoms with E-state index in [4.69, 9.17) is 19.4 Å². The molecule has 11 aromatic rings. The lowest BCUT2D eigenvalue weighted by atomic mass is 9.93. The Hall–Kier alpha value is -7.37. The van der Waals surface area contributed by atoms with E-state index in [9.17, 15) is 0 Å². The molecule has 0 aliphatic heterocycles. The van der Waals surface area contributed by atoms with Gasteiger partial charge < -0.3 is 8.98 Å². The largest absolute Gasteiger partial charge is 0.454 e. The molecule has 252 valence electrons. The van der Waals surface area contributed by atoms with Gasteiger partial charge in [0.1, 0.15) is 5.58 Å². The molecule has 0 atom stereocenters. The highest BCUT2D eigenvalue weighted by atomic mass is 16.3. The fourth-order valence-corrected chi connectivity index (χ4v) is 8.08. The molecule has 0 saturated carbocycles. The van der Waals surface area contributed by atoms with Crippen LogP contribution in [-0.2, 0) is 0 Å². The molecule has 5 nitrogen and oxygen atoms in total. The number of para-hydroxylation sites is 2. The van der Waals surface area contributed by atoms with E-state index in [-0.39, 0.29) is 0 Å². The summed E-state index contributed by atoms with van der Waals surface area (Å²) in [6.45, 7) is 0. The van der Waals surface area contributed by atoms with Gasteiger partial charge in [0, 0.05) is 38.2 Å². The minimum absolute atomic E-state index is 0.595. The summed E-state index contributed by atoms with van der Waals surface area (Å²) in [5.41, 5.74) is 9.96. The quantitative estimate of drug-likeness (QED) is 0.180. The Labute approximate surface area is 310 Å². The predicted molar refractivity (Wildman–Crippen MR) is 221 cm³/mol. The van der Waals surface area contributed by atoms with E-state index in [0.29, 0.717) is 17.5 Å². The molecule has 11 rings (SSSR count). The van der Waals surface area contributed by atoms with Crippen LogP contribution >= 0.6 is 0 Å². The number of fused-ring (bicyclic) bond motifs is 7. The SMILES string of the molecule is c1ccc(-c2nc(-c3ccccc3)nc(-c3cccc4oc5c(-n6c7ccccc7c7c(-c8ccccc8)c8ccccc8cc76)cccc5c34)n2)cc1. The molecule has 0 aliphatic carbocycles. The van der Waals surface area contributed by atoms with E-state index in [1.165, 1.54) is 32.7 Å². The Kier molecular flexibility index (Phi) is 6.79. The lowest BCUT2D eigenvalue weighted by Crippen LogP contribution is -2.00. The van der Waals surface area contributed by atoms with Crippen molar-refractivity contribution in [1.29, 1.82) is 0 Å². The molecule has 5 heteroatoms. The number of aromatic nitrogens is 4. The van der Waals surface area contributed by atoms with Crippen LogP contribution in [0.2, 0.25) is 0 Å². The lowest BCUT2D eigenvalue weighted by Gasteiger charge is -2.12. The summed E-state index contributed by atoms with van der Waals surface area (Å²) in [5.74, 6) is 1.84. The predicted octanol–water partition coefficient (Wildman–Crippen LogP) is 12.7.